The first-order chi connectivity index (χ1) is 12.8. The van der Waals surface area contributed by atoms with E-state index in [1.165, 1.54) is 0 Å². The molecule has 0 spiro atoms. The minimum atomic E-state index is 0.570. The van der Waals surface area contributed by atoms with Crippen LogP contribution in [0, 0.1) is 6.92 Å². The summed E-state index contributed by atoms with van der Waals surface area (Å²) in [5, 5.41) is 0. The molecule has 4 rings (SSSR count). The monoisotopic (exact) mass is 339 g/mol. The van der Waals surface area contributed by atoms with E-state index in [0.29, 0.717) is 5.88 Å². The molecule has 4 heteroatoms. The molecule has 0 aliphatic heterocycles. The Balaban J connectivity index is 1.63. The molecular weight excluding hydrogens is 322 g/mol. The van der Waals surface area contributed by atoms with Crippen LogP contribution < -0.4 is 4.74 Å². The summed E-state index contributed by atoms with van der Waals surface area (Å²) in [6.45, 7) is 2.05. The maximum absolute atomic E-state index is 6.06. The predicted molar refractivity (Wildman–Crippen MR) is 102 cm³/mol. The zero-order chi connectivity index (χ0) is 17.8. The van der Waals surface area contributed by atoms with Crippen LogP contribution in [0.3, 0.4) is 0 Å². The van der Waals surface area contributed by atoms with Crippen molar-refractivity contribution in [2.75, 3.05) is 0 Å². The van der Waals surface area contributed by atoms with Gasteiger partial charge in [0, 0.05) is 42.1 Å². The SMILES string of the molecule is Cc1ccncc1-c1cccnc1Oc1ccc(-c2ccncc2)cc1. The third kappa shape index (κ3) is 3.30. The third-order valence-corrected chi connectivity index (χ3v) is 4.18. The molecule has 26 heavy (non-hydrogen) atoms. The van der Waals surface area contributed by atoms with Crippen LogP contribution in [0.25, 0.3) is 22.3 Å². The van der Waals surface area contributed by atoms with Crippen LogP contribution in [0.15, 0.2) is 85.6 Å². The Morgan fingerprint density at radius 1 is 0.692 bits per heavy atom. The molecule has 0 unspecified atom stereocenters. The number of aromatic nitrogens is 3. The fraction of sp³-hybridized carbons (Fsp3) is 0.0455. The highest BCUT2D eigenvalue weighted by atomic mass is 16.5. The summed E-state index contributed by atoms with van der Waals surface area (Å²) in [7, 11) is 0. The van der Waals surface area contributed by atoms with Crippen LogP contribution in [0.5, 0.6) is 11.6 Å². The molecule has 126 valence electrons. The van der Waals surface area contributed by atoms with Crippen LogP contribution in [0.1, 0.15) is 5.56 Å². The molecule has 0 N–H and O–H groups in total. The Kier molecular flexibility index (Phi) is 4.39. The topological polar surface area (TPSA) is 47.9 Å². The summed E-state index contributed by atoms with van der Waals surface area (Å²) in [6, 6.07) is 17.8. The van der Waals surface area contributed by atoms with Gasteiger partial charge in [0.25, 0.3) is 0 Å². The Labute approximate surface area is 152 Å². The maximum atomic E-state index is 6.06. The van der Waals surface area contributed by atoms with Crippen LogP contribution in [-0.4, -0.2) is 15.0 Å². The minimum Gasteiger partial charge on any atom is -0.438 e. The molecule has 3 heterocycles. The zero-order valence-electron chi connectivity index (χ0n) is 14.3. The first-order valence-electron chi connectivity index (χ1n) is 8.35. The first-order valence-corrected chi connectivity index (χ1v) is 8.35. The van der Waals surface area contributed by atoms with E-state index in [2.05, 4.69) is 21.9 Å². The van der Waals surface area contributed by atoms with Crippen molar-refractivity contribution in [3.63, 3.8) is 0 Å². The van der Waals surface area contributed by atoms with Gasteiger partial charge in [-0.25, -0.2) is 4.98 Å². The number of nitrogens with zero attached hydrogens (tertiary/aromatic N) is 3. The smallest absolute Gasteiger partial charge is 0.227 e. The molecule has 0 fully saturated rings. The van der Waals surface area contributed by atoms with Crippen molar-refractivity contribution in [3.05, 3.63) is 91.1 Å². The van der Waals surface area contributed by atoms with E-state index in [9.17, 15) is 0 Å². The highest BCUT2D eigenvalue weighted by molar-refractivity contribution is 5.71. The van der Waals surface area contributed by atoms with Crippen molar-refractivity contribution in [3.8, 4) is 33.9 Å². The number of hydrogen-bond donors (Lipinski definition) is 0. The molecule has 3 aromatic heterocycles. The highest BCUT2D eigenvalue weighted by Crippen LogP contribution is 2.33. The molecule has 0 radical (unpaired) electrons. The van der Waals surface area contributed by atoms with Crippen molar-refractivity contribution >= 4 is 0 Å². The zero-order valence-corrected chi connectivity index (χ0v) is 14.3. The van der Waals surface area contributed by atoms with Crippen LogP contribution in [0.2, 0.25) is 0 Å². The van der Waals surface area contributed by atoms with Gasteiger partial charge in [-0.05, 0) is 66.1 Å². The molecule has 0 atom stereocenters. The average Bonchev–Trinajstić information content (AvgIpc) is 2.70. The lowest BCUT2D eigenvalue weighted by atomic mass is 10.0. The van der Waals surface area contributed by atoms with Gasteiger partial charge in [0.1, 0.15) is 5.75 Å². The molecule has 4 nitrogen and oxygen atoms in total. The quantitative estimate of drug-likeness (QED) is 0.506. The van der Waals surface area contributed by atoms with E-state index < -0.39 is 0 Å². The Morgan fingerprint density at radius 3 is 2.19 bits per heavy atom. The van der Waals surface area contributed by atoms with E-state index >= 15 is 0 Å². The Bertz CT molecular complexity index is 1010. The van der Waals surface area contributed by atoms with Gasteiger partial charge in [-0.2, -0.15) is 0 Å². The van der Waals surface area contributed by atoms with E-state index in [1.807, 2.05) is 60.8 Å². The van der Waals surface area contributed by atoms with Gasteiger partial charge in [0.05, 0.1) is 0 Å². The summed E-state index contributed by atoms with van der Waals surface area (Å²) in [4.78, 5) is 12.7. The number of rotatable bonds is 4. The lowest BCUT2D eigenvalue weighted by Gasteiger charge is -2.12. The number of pyridine rings is 3. The van der Waals surface area contributed by atoms with Crippen LogP contribution >= 0.6 is 0 Å². The molecule has 4 aromatic rings. The van der Waals surface area contributed by atoms with Crippen molar-refractivity contribution in [1.29, 1.82) is 0 Å². The summed E-state index contributed by atoms with van der Waals surface area (Å²) in [6.07, 6.45) is 8.93. The second-order valence-corrected chi connectivity index (χ2v) is 5.91. The first kappa shape index (κ1) is 16.0. The molecule has 0 aliphatic carbocycles. The van der Waals surface area contributed by atoms with E-state index in [1.54, 1.807) is 24.8 Å². The maximum Gasteiger partial charge on any atom is 0.227 e. The number of aryl methyl sites for hydroxylation is 1. The standard InChI is InChI=1S/C22H17N3O/c1-16-8-12-24-15-21(16)20-3-2-11-25-22(20)26-19-6-4-17(5-7-19)18-9-13-23-14-10-18/h2-15H,1H3. The second kappa shape index (κ2) is 7.15. The highest BCUT2D eigenvalue weighted by Gasteiger charge is 2.11. The fourth-order valence-electron chi connectivity index (χ4n) is 2.79. The lowest BCUT2D eigenvalue weighted by molar-refractivity contribution is 0.465. The second-order valence-electron chi connectivity index (χ2n) is 5.91. The van der Waals surface area contributed by atoms with E-state index in [0.717, 1.165) is 33.6 Å². The molecule has 0 saturated carbocycles. The molecule has 0 saturated heterocycles. The van der Waals surface area contributed by atoms with Crippen molar-refractivity contribution in [2.45, 2.75) is 6.92 Å². The van der Waals surface area contributed by atoms with Crippen molar-refractivity contribution in [2.24, 2.45) is 0 Å². The molecular formula is C22H17N3O. The van der Waals surface area contributed by atoms with Gasteiger partial charge in [-0.15, -0.1) is 0 Å². The Hall–Kier alpha value is -3.53. The molecule has 0 amide bonds. The minimum absolute atomic E-state index is 0.570. The number of benzene rings is 1. The van der Waals surface area contributed by atoms with E-state index in [-0.39, 0.29) is 0 Å². The van der Waals surface area contributed by atoms with Crippen molar-refractivity contribution in [1.82, 2.24) is 15.0 Å². The van der Waals surface area contributed by atoms with Gasteiger partial charge in [-0.1, -0.05) is 12.1 Å². The number of hydrogen-bond acceptors (Lipinski definition) is 4. The lowest BCUT2D eigenvalue weighted by Crippen LogP contribution is -1.93. The van der Waals surface area contributed by atoms with Gasteiger partial charge in [-0.3, -0.25) is 9.97 Å². The van der Waals surface area contributed by atoms with Gasteiger partial charge >= 0.3 is 0 Å². The van der Waals surface area contributed by atoms with Crippen molar-refractivity contribution < 1.29 is 4.74 Å². The predicted octanol–water partition coefficient (Wildman–Crippen LogP) is 5.31. The third-order valence-electron chi connectivity index (χ3n) is 4.18. The van der Waals surface area contributed by atoms with E-state index in [4.69, 9.17) is 4.74 Å². The largest absolute Gasteiger partial charge is 0.438 e. The van der Waals surface area contributed by atoms with Gasteiger partial charge in [0.15, 0.2) is 0 Å². The number of ether oxygens (including phenoxy) is 1. The normalized spacial score (nSPS) is 10.5. The van der Waals surface area contributed by atoms with Crippen LogP contribution in [0.4, 0.5) is 0 Å². The summed E-state index contributed by atoms with van der Waals surface area (Å²) >= 11 is 0. The van der Waals surface area contributed by atoms with Gasteiger partial charge in [0.2, 0.25) is 5.88 Å². The Morgan fingerprint density at radius 2 is 1.42 bits per heavy atom. The summed E-state index contributed by atoms with van der Waals surface area (Å²) in [5.74, 6) is 1.31. The van der Waals surface area contributed by atoms with Crippen LogP contribution in [-0.2, 0) is 0 Å². The summed E-state index contributed by atoms with van der Waals surface area (Å²) in [5.41, 5.74) is 5.31. The molecule has 0 aliphatic rings. The van der Waals surface area contributed by atoms with Gasteiger partial charge < -0.3 is 4.74 Å². The fourth-order valence-corrected chi connectivity index (χ4v) is 2.79. The molecule has 0 bridgehead atoms. The summed E-state index contributed by atoms with van der Waals surface area (Å²) < 4.78 is 6.06. The average molecular weight is 339 g/mol. The molecule has 1 aromatic carbocycles.